The quantitative estimate of drug-likeness (QED) is 0.331. The molecule has 3 aliphatic carbocycles. The fourth-order valence-electron chi connectivity index (χ4n) is 6.92. The van der Waals surface area contributed by atoms with E-state index in [1.165, 1.54) is 6.42 Å². The summed E-state index contributed by atoms with van der Waals surface area (Å²) in [6.45, 7) is 19.6. The molecule has 4 heteroatoms. The lowest BCUT2D eigenvalue weighted by Gasteiger charge is -2.88. The molecule has 3 nitrogen and oxygen atoms in total. The first-order chi connectivity index (χ1) is 14.4. The molecule has 1 heterocycles. The average Bonchev–Trinajstić information content (AvgIpc) is 2.76. The highest BCUT2D eigenvalue weighted by molar-refractivity contribution is 6.51. The molecule has 4 fully saturated rings. The van der Waals surface area contributed by atoms with Gasteiger partial charge in [0.05, 0.1) is 11.7 Å². The second kappa shape index (κ2) is 7.73. The van der Waals surface area contributed by atoms with E-state index in [1.807, 2.05) is 56.2 Å². The molecule has 4 aliphatic rings. The molecule has 1 aromatic carbocycles. The summed E-state index contributed by atoms with van der Waals surface area (Å²) in [4.78, 5) is 0. The summed E-state index contributed by atoms with van der Waals surface area (Å²) in [5.41, 5.74) is 2.33. The van der Waals surface area contributed by atoms with E-state index in [0.717, 1.165) is 17.1 Å². The van der Waals surface area contributed by atoms with E-state index in [2.05, 4.69) is 33.9 Å². The minimum atomic E-state index is -0.318. The standard InChI is InChI=1S/C24H29BO3.C2H6/c1-15(18(4)26-14-19-9-7-6-8-10-19)11-12-25-27-21-17(3)24-16(2)13-20(24)23(5,28-25)22(21)24;1-2/h6-12,16-17,20-22H,1,4,13-14H2,2-3,5H3;1-2H3/b12-11-;. The van der Waals surface area contributed by atoms with Crippen molar-refractivity contribution in [2.24, 2.45) is 29.1 Å². The van der Waals surface area contributed by atoms with Crippen molar-refractivity contribution in [3.63, 3.8) is 0 Å². The Labute approximate surface area is 182 Å². The molecule has 1 aromatic rings. The van der Waals surface area contributed by atoms with Crippen molar-refractivity contribution < 1.29 is 14.0 Å². The molecule has 0 bridgehead atoms. The van der Waals surface area contributed by atoms with Crippen LogP contribution in [-0.4, -0.2) is 18.8 Å². The van der Waals surface area contributed by atoms with Gasteiger partial charge in [-0.3, -0.25) is 0 Å². The van der Waals surface area contributed by atoms with Crippen molar-refractivity contribution >= 4 is 7.12 Å². The summed E-state index contributed by atoms with van der Waals surface area (Å²) in [5.74, 6) is 5.25. The molecular formula is C26H35BO3. The number of rotatable bonds is 6. The Balaban J connectivity index is 0.00000106. The maximum absolute atomic E-state index is 6.44. The second-order valence-corrected chi connectivity index (χ2v) is 9.31. The first-order valence-corrected chi connectivity index (χ1v) is 11.5. The van der Waals surface area contributed by atoms with E-state index in [1.54, 1.807) is 0 Å². The molecule has 0 N–H and O–H groups in total. The van der Waals surface area contributed by atoms with Crippen molar-refractivity contribution in [2.45, 2.75) is 59.4 Å². The van der Waals surface area contributed by atoms with Crippen LogP contribution in [0.5, 0.6) is 0 Å². The fraction of sp³-hybridized carbons (Fsp3) is 0.538. The Morgan fingerprint density at radius 2 is 1.93 bits per heavy atom. The molecule has 0 radical (unpaired) electrons. The molecular weight excluding hydrogens is 371 g/mol. The van der Waals surface area contributed by atoms with Crippen molar-refractivity contribution in [1.29, 1.82) is 0 Å². The lowest BCUT2D eigenvalue weighted by atomic mass is 9.20. The predicted octanol–water partition coefficient (Wildman–Crippen LogP) is 5.98. The van der Waals surface area contributed by atoms with Gasteiger partial charge >= 0.3 is 7.12 Å². The van der Waals surface area contributed by atoms with Crippen LogP contribution < -0.4 is 0 Å². The fourth-order valence-corrected chi connectivity index (χ4v) is 6.92. The van der Waals surface area contributed by atoms with E-state index < -0.39 is 0 Å². The summed E-state index contributed by atoms with van der Waals surface area (Å²) >= 11 is 0. The zero-order valence-corrected chi connectivity index (χ0v) is 19.1. The van der Waals surface area contributed by atoms with Crippen LogP contribution in [0.4, 0.5) is 0 Å². The molecule has 3 saturated carbocycles. The third-order valence-electron chi connectivity index (χ3n) is 8.23. The van der Waals surface area contributed by atoms with E-state index in [0.29, 0.717) is 41.6 Å². The van der Waals surface area contributed by atoms with Crippen molar-refractivity contribution in [2.75, 3.05) is 0 Å². The number of allylic oxidation sites excluding steroid dienone is 1. The van der Waals surface area contributed by atoms with Crippen molar-refractivity contribution in [3.8, 4) is 0 Å². The van der Waals surface area contributed by atoms with Gasteiger partial charge in [0, 0.05) is 11.5 Å². The van der Waals surface area contributed by atoms with Gasteiger partial charge in [-0.05, 0) is 42.1 Å². The topological polar surface area (TPSA) is 27.7 Å². The minimum Gasteiger partial charge on any atom is -0.489 e. The third-order valence-corrected chi connectivity index (χ3v) is 8.23. The monoisotopic (exact) mass is 406 g/mol. The molecule has 1 aliphatic heterocycles. The summed E-state index contributed by atoms with van der Waals surface area (Å²) < 4.78 is 18.5. The Kier molecular flexibility index (Phi) is 5.53. The molecule has 0 amide bonds. The zero-order chi connectivity index (χ0) is 21.7. The Morgan fingerprint density at radius 1 is 1.23 bits per heavy atom. The van der Waals surface area contributed by atoms with Crippen LogP contribution in [0.1, 0.15) is 46.6 Å². The molecule has 7 unspecified atom stereocenters. The van der Waals surface area contributed by atoms with Crippen molar-refractivity contribution in [3.05, 3.63) is 72.4 Å². The summed E-state index contributed by atoms with van der Waals surface area (Å²) in [7, 11) is -0.318. The first-order valence-electron chi connectivity index (χ1n) is 11.5. The Hall–Kier alpha value is -1.78. The molecule has 5 rings (SSSR count). The summed E-state index contributed by atoms with van der Waals surface area (Å²) in [6, 6.07) is 10.1. The molecule has 30 heavy (non-hydrogen) atoms. The van der Waals surface area contributed by atoms with Crippen LogP contribution in [0.15, 0.2) is 66.9 Å². The van der Waals surface area contributed by atoms with Gasteiger partial charge in [-0.15, -0.1) is 0 Å². The lowest BCUT2D eigenvalue weighted by Crippen LogP contribution is -2.92. The highest BCUT2D eigenvalue weighted by atomic mass is 16.6. The Bertz CT molecular complexity index is 849. The van der Waals surface area contributed by atoms with Gasteiger partial charge in [0.1, 0.15) is 12.4 Å². The highest BCUT2D eigenvalue weighted by Crippen LogP contribution is 2.84. The van der Waals surface area contributed by atoms with Crippen molar-refractivity contribution in [1.82, 2.24) is 0 Å². The average molecular weight is 406 g/mol. The van der Waals surface area contributed by atoms with E-state index >= 15 is 0 Å². The van der Waals surface area contributed by atoms with E-state index in [9.17, 15) is 0 Å². The highest BCUT2D eigenvalue weighted by Gasteiger charge is 2.87. The molecule has 0 aromatic heterocycles. The van der Waals surface area contributed by atoms with E-state index in [-0.39, 0.29) is 12.7 Å². The zero-order valence-electron chi connectivity index (χ0n) is 19.1. The van der Waals surface area contributed by atoms with E-state index in [4.69, 9.17) is 14.0 Å². The molecule has 1 saturated heterocycles. The SMILES string of the molecule is C=C(/C=C\B1OC2C(C)C34C(C)CC3C(C)(O1)C24)C(=C)OCc1ccccc1.CC. The van der Waals surface area contributed by atoms with Crippen LogP contribution in [0.3, 0.4) is 0 Å². The van der Waals surface area contributed by atoms with Crippen LogP contribution in [0, 0.1) is 29.1 Å². The number of hydrogen-bond donors (Lipinski definition) is 0. The number of benzene rings is 1. The maximum atomic E-state index is 6.44. The predicted molar refractivity (Wildman–Crippen MR) is 122 cm³/mol. The molecule has 1 spiro atoms. The molecule has 7 atom stereocenters. The van der Waals surface area contributed by atoms with Crippen LogP contribution in [0.25, 0.3) is 0 Å². The smallest absolute Gasteiger partial charge is 0.486 e. The van der Waals surface area contributed by atoms with Gasteiger partial charge in [0.15, 0.2) is 0 Å². The summed E-state index contributed by atoms with van der Waals surface area (Å²) in [6.07, 6.45) is 3.52. The van der Waals surface area contributed by atoms with Gasteiger partial charge in [-0.2, -0.15) is 0 Å². The van der Waals surface area contributed by atoms with Gasteiger partial charge in [0.2, 0.25) is 0 Å². The van der Waals surface area contributed by atoms with Gasteiger partial charge in [-0.25, -0.2) is 0 Å². The number of ether oxygens (including phenoxy) is 1. The van der Waals surface area contributed by atoms with Crippen LogP contribution in [0.2, 0.25) is 0 Å². The largest absolute Gasteiger partial charge is 0.489 e. The van der Waals surface area contributed by atoms with Gasteiger partial charge < -0.3 is 14.0 Å². The van der Waals surface area contributed by atoms with Crippen LogP contribution in [-0.2, 0) is 20.7 Å². The third kappa shape index (κ3) is 2.80. The number of fused-ring (bicyclic) bond motifs is 1. The minimum absolute atomic E-state index is 0.0287. The van der Waals surface area contributed by atoms with Gasteiger partial charge in [0.25, 0.3) is 0 Å². The number of hydrogen-bond acceptors (Lipinski definition) is 3. The maximum Gasteiger partial charge on any atom is 0.486 e. The molecule has 160 valence electrons. The Morgan fingerprint density at radius 3 is 2.60 bits per heavy atom. The normalized spacial score (nSPS) is 39.9. The van der Waals surface area contributed by atoms with Crippen LogP contribution >= 0.6 is 0 Å². The second-order valence-electron chi connectivity index (χ2n) is 9.31. The lowest BCUT2D eigenvalue weighted by molar-refractivity contribution is -0.443. The summed E-state index contributed by atoms with van der Waals surface area (Å²) in [5, 5.41) is 0. The first kappa shape index (κ1) is 21.5. The van der Waals surface area contributed by atoms with Gasteiger partial charge in [-0.1, -0.05) is 83.2 Å².